The monoisotopic (exact) mass is 275 g/mol. The fourth-order valence-corrected chi connectivity index (χ4v) is 2.37. The SMILES string of the molecule is Cc1cncc(Cn2c(C3CC3)nc(Cl)cc2=O)c1. The standard InChI is InChI=1S/C14H14ClN3O/c1-9-4-10(7-16-6-9)8-18-13(19)5-12(15)17-14(18)11-2-3-11/h4-7,11H,2-3,8H2,1H3. The van der Waals surface area contributed by atoms with E-state index in [0.717, 1.165) is 29.8 Å². The molecule has 0 unspecified atom stereocenters. The average Bonchev–Trinajstić information content (AvgIpc) is 3.16. The molecule has 2 aromatic heterocycles. The van der Waals surface area contributed by atoms with Crippen LogP contribution in [-0.2, 0) is 6.54 Å². The third kappa shape index (κ3) is 2.68. The summed E-state index contributed by atoms with van der Waals surface area (Å²) in [6.45, 7) is 2.49. The molecule has 0 radical (unpaired) electrons. The Morgan fingerprint density at radius 2 is 2.16 bits per heavy atom. The third-order valence-electron chi connectivity index (χ3n) is 3.22. The molecule has 0 spiro atoms. The number of pyridine rings is 1. The quantitative estimate of drug-likeness (QED) is 0.809. The highest BCUT2D eigenvalue weighted by Gasteiger charge is 2.29. The van der Waals surface area contributed by atoms with Gasteiger partial charge in [-0.05, 0) is 30.9 Å². The summed E-state index contributed by atoms with van der Waals surface area (Å²) >= 11 is 5.89. The number of hydrogen-bond donors (Lipinski definition) is 0. The van der Waals surface area contributed by atoms with Crippen LogP contribution in [0.2, 0.25) is 5.15 Å². The number of halogens is 1. The molecule has 3 rings (SSSR count). The minimum Gasteiger partial charge on any atom is -0.292 e. The van der Waals surface area contributed by atoms with Gasteiger partial charge in [0.05, 0.1) is 6.54 Å². The van der Waals surface area contributed by atoms with E-state index in [2.05, 4.69) is 9.97 Å². The summed E-state index contributed by atoms with van der Waals surface area (Å²) in [6, 6.07) is 3.40. The number of aryl methyl sites for hydroxylation is 1. The molecule has 2 heterocycles. The highest BCUT2D eigenvalue weighted by molar-refractivity contribution is 6.29. The Kier molecular flexibility index (Phi) is 3.11. The Labute approximate surface area is 116 Å². The lowest BCUT2D eigenvalue weighted by atomic mass is 10.2. The molecule has 0 aromatic carbocycles. The van der Waals surface area contributed by atoms with Crippen molar-refractivity contribution in [2.24, 2.45) is 0 Å². The van der Waals surface area contributed by atoms with Crippen LogP contribution in [0, 0.1) is 6.92 Å². The molecule has 4 nitrogen and oxygen atoms in total. The van der Waals surface area contributed by atoms with Gasteiger partial charge in [0.25, 0.3) is 5.56 Å². The van der Waals surface area contributed by atoms with E-state index >= 15 is 0 Å². The van der Waals surface area contributed by atoms with Gasteiger partial charge in [-0.3, -0.25) is 14.3 Å². The van der Waals surface area contributed by atoms with E-state index in [0.29, 0.717) is 12.5 Å². The zero-order chi connectivity index (χ0) is 13.4. The molecular formula is C14H14ClN3O. The van der Waals surface area contributed by atoms with E-state index in [9.17, 15) is 4.79 Å². The van der Waals surface area contributed by atoms with Crippen molar-refractivity contribution >= 4 is 11.6 Å². The molecule has 98 valence electrons. The van der Waals surface area contributed by atoms with Crippen LogP contribution in [0.25, 0.3) is 0 Å². The minimum atomic E-state index is -0.0941. The normalized spacial score (nSPS) is 14.6. The van der Waals surface area contributed by atoms with E-state index < -0.39 is 0 Å². The van der Waals surface area contributed by atoms with Crippen LogP contribution in [0.1, 0.15) is 35.7 Å². The van der Waals surface area contributed by atoms with Gasteiger partial charge in [0, 0.05) is 24.4 Å². The summed E-state index contributed by atoms with van der Waals surface area (Å²) in [6.07, 6.45) is 5.75. The molecule has 0 atom stereocenters. The van der Waals surface area contributed by atoms with Gasteiger partial charge in [-0.25, -0.2) is 4.98 Å². The Balaban J connectivity index is 2.02. The molecule has 19 heavy (non-hydrogen) atoms. The van der Waals surface area contributed by atoms with Crippen LogP contribution >= 0.6 is 11.6 Å². The van der Waals surface area contributed by atoms with Crippen molar-refractivity contribution in [3.63, 3.8) is 0 Å². The average molecular weight is 276 g/mol. The van der Waals surface area contributed by atoms with Gasteiger partial charge in [-0.15, -0.1) is 0 Å². The smallest absolute Gasteiger partial charge is 0.255 e. The van der Waals surface area contributed by atoms with E-state index in [-0.39, 0.29) is 10.7 Å². The summed E-state index contributed by atoms with van der Waals surface area (Å²) in [5.41, 5.74) is 2.00. The molecule has 1 aliphatic carbocycles. The van der Waals surface area contributed by atoms with E-state index in [1.165, 1.54) is 6.07 Å². The molecule has 1 saturated carbocycles. The van der Waals surface area contributed by atoms with Gasteiger partial charge in [-0.2, -0.15) is 0 Å². The summed E-state index contributed by atoms with van der Waals surface area (Å²) in [7, 11) is 0. The van der Waals surface area contributed by atoms with Crippen molar-refractivity contribution in [2.45, 2.75) is 32.2 Å². The largest absolute Gasteiger partial charge is 0.292 e. The predicted molar refractivity (Wildman–Crippen MR) is 73.6 cm³/mol. The first-order chi connectivity index (χ1) is 9.13. The van der Waals surface area contributed by atoms with Crippen molar-refractivity contribution in [1.29, 1.82) is 0 Å². The van der Waals surface area contributed by atoms with Crippen molar-refractivity contribution in [3.8, 4) is 0 Å². The molecule has 0 saturated heterocycles. The van der Waals surface area contributed by atoms with Crippen LogP contribution in [0.5, 0.6) is 0 Å². The first-order valence-electron chi connectivity index (χ1n) is 6.31. The van der Waals surface area contributed by atoms with Crippen molar-refractivity contribution in [3.05, 3.63) is 57.0 Å². The van der Waals surface area contributed by atoms with Gasteiger partial charge in [0.2, 0.25) is 0 Å². The Morgan fingerprint density at radius 1 is 1.37 bits per heavy atom. The van der Waals surface area contributed by atoms with Crippen molar-refractivity contribution in [2.75, 3.05) is 0 Å². The fraction of sp³-hybridized carbons (Fsp3) is 0.357. The van der Waals surface area contributed by atoms with Gasteiger partial charge in [0.15, 0.2) is 0 Å². The zero-order valence-electron chi connectivity index (χ0n) is 10.6. The molecule has 0 amide bonds. The molecule has 2 aromatic rings. The summed E-state index contributed by atoms with van der Waals surface area (Å²) in [4.78, 5) is 20.6. The van der Waals surface area contributed by atoms with Crippen LogP contribution < -0.4 is 5.56 Å². The molecule has 0 N–H and O–H groups in total. The molecule has 5 heteroatoms. The Hall–Kier alpha value is -1.68. The number of hydrogen-bond acceptors (Lipinski definition) is 3. The lowest BCUT2D eigenvalue weighted by molar-refractivity contribution is 0.667. The second-order valence-corrected chi connectivity index (χ2v) is 5.39. The first kappa shape index (κ1) is 12.4. The maximum atomic E-state index is 12.1. The van der Waals surface area contributed by atoms with Crippen LogP contribution in [0.15, 0.2) is 29.3 Å². The summed E-state index contributed by atoms with van der Waals surface area (Å²) in [5, 5.41) is 0.283. The van der Waals surface area contributed by atoms with E-state index in [1.807, 2.05) is 13.0 Å². The summed E-state index contributed by atoms with van der Waals surface area (Å²) in [5.74, 6) is 1.18. The topological polar surface area (TPSA) is 47.8 Å². The molecule has 0 aliphatic heterocycles. The fourth-order valence-electron chi connectivity index (χ4n) is 2.19. The number of nitrogens with zero attached hydrogens (tertiary/aromatic N) is 3. The molecule has 1 fully saturated rings. The van der Waals surface area contributed by atoms with Gasteiger partial charge >= 0.3 is 0 Å². The van der Waals surface area contributed by atoms with E-state index in [4.69, 9.17) is 11.6 Å². The van der Waals surface area contributed by atoms with Gasteiger partial charge in [0.1, 0.15) is 11.0 Å². The van der Waals surface area contributed by atoms with E-state index in [1.54, 1.807) is 17.0 Å². The Morgan fingerprint density at radius 3 is 2.84 bits per heavy atom. The lowest BCUT2D eigenvalue weighted by Gasteiger charge is -2.11. The lowest BCUT2D eigenvalue weighted by Crippen LogP contribution is -2.24. The second kappa shape index (κ2) is 4.78. The highest BCUT2D eigenvalue weighted by Crippen LogP contribution is 2.38. The van der Waals surface area contributed by atoms with Crippen molar-refractivity contribution < 1.29 is 0 Å². The Bertz CT molecular complexity index is 677. The van der Waals surface area contributed by atoms with Gasteiger partial charge < -0.3 is 0 Å². The second-order valence-electron chi connectivity index (χ2n) is 5.01. The molecule has 1 aliphatic rings. The van der Waals surface area contributed by atoms with Crippen molar-refractivity contribution in [1.82, 2.24) is 14.5 Å². The van der Waals surface area contributed by atoms with Crippen LogP contribution in [0.4, 0.5) is 0 Å². The zero-order valence-corrected chi connectivity index (χ0v) is 11.4. The van der Waals surface area contributed by atoms with Crippen LogP contribution in [0.3, 0.4) is 0 Å². The number of rotatable bonds is 3. The predicted octanol–water partition coefficient (Wildman–Crippen LogP) is 2.53. The maximum Gasteiger partial charge on any atom is 0.255 e. The highest BCUT2D eigenvalue weighted by atomic mass is 35.5. The number of aromatic nitrogens is 3. The minimum absolute atomic E-state index is 0.0941. The van der Waals surface area contributed by atoms with Crippen LogP contribution in [-0.4, -0.2) is 14.5 Å². The maximum absolute atomic E-state index is 12.1. The molecular weight excluding hydrogens is 262 g/mol. The first-order valence-corrected chi connectivity index (χ1v) is 6.69. The van der Waals surface area contributed by atoms with Gasteiger partial charge in [-0.1, -0.05) is 17.7 Å². The third-order valence-corrected chi connectivity index (χ3v) is 3.41. The molecule has 0 bridgehead atoms. The summed E-state index contributed by atoms with van der Waals surface area (Å²) < 4.78 is 1.71.